The average Bonchev–Trinajstić information content (AvgIpc) is 2.56. The average molecular weight is 297 g/mol. The van der Waals surface area contributed by atoms with Crippen molar-refractivity contribution in [1.29, 1.82) is 0 Å². The van der Waals surface area contributed by atoms with Gasteiger partial charge in [-0.1, -0.05) is 56.7 Å². The first kappa shape index (κ1) is 16.2. The summed E-state index contributed by atoms with van der Waals surface area (Å²) in [5, 5.41) is 10.2. The van der Waals surface area contributed by atoms with Crippen molar-refractivity contribution in [3.63, 3.8) is 0 Å². The third-order valence-electron chi connectivity index (χ3n) is 3.80. The Balaban J connectivity index is 2.35. The summed E-state index contributed by atoms with van der Waals surface area (Å²) < 4.78 is 0. The molecule has 0 saturated carbocycles. The van der Waals surface area contributed by atoms with Crippen molar-refractivity contribution in [3.05, 3.63) is 60.7 Å². The van der Waals surface area contributed by atoms with Gasteiger partial charge in [0.15, 0.2) is 0 Å². The van der Waals surface area contributed by atoms with Crippen LogP contribution in [0.5, 0.6) is 0 Å². The van der Waals surface area contributed by atoms with Gasteiger partial charge in [0.1, 0.15) is 0 Å². The van der Waals surface area contributed by atoms with Gasteiger partial charge in [0, 0.05) is 11.4 Å². The molecule has 0 aliphatic carbocycles. The smallest absolute Gasteiger partial charge is 0.236 e. The maximum Gasteiger partial charge on any atom is 0.236 e. The first-order valence-electron chi connectivity index (χ1n) is 7.77. The molecular formula is C19H23NO2. The Bertz CT molecular complexity index is 543. The SMILES string of the molecule is CCC[C@@H](O)[C@H](C)C(=O)N(c1ccccc1)c1ccccc1. The van der Waals surface area contributed by atoms with E-state index in [0.29, 0.717) is 6.42 Å². The summed E-state index contributed by atoms with van der Waals surface area (Å²) in [5.41, 5.74) is 1.63. The summed E-state index contributed by atoms with van der Waals surface area (Å²) in [5.74, 6) is -0.529. The number of rotatable bonds is 6. The third kappa shape index (κ3) is 3.74. The van der Waals surface area contributed by atoms with Crippen molar-refractivity contribution in [3.8, 4) is 0 Å². The normalized spacial score (nSPS) is 13.4. The van der Waals surface area contributed by atoms with E-state index in [1.165, 1.54) is 0 Å². The van der Waals surface area contributed by atoms with E-state index in [9.17, 15) is 9.90 Å². The van der Waals surface area contributed by atoms with E-state index < -0.39 is 12.0 Å². The number of aliphatic hydroxyl groups is 1. The lowest BCUT2D eigenvalue weighted by atomic mass is 9.98. The van der Waals surface area contributed by atoms with Crippen molar-refractivity contribution >= 4 is 17.3 Å². The molecule has 3 heteroatoms. The van der Waals surface area contributed by atoms with Crippen molar-refractivity contribution in [2.75, 3.05) is 4.90 Å². The lowest BCUT2D eigenvalue weighted by Crippen LogP contribution is -2.37. The predicted molar refractivity (Wildman–Crippen MR) is 90.1 cm³/mol. The van der Waals surface area contributed by atoms with Gasteiger partial charge in [-0.3, -0.25) is 9.69 Å². The predicted octanol–water partition coefficient (Wildman–Crippen LogP) is 4.15. The van der Waals surface area contributed by atoms with Crippen LogP contribution in [-0.2, 0) is 4.79 Å². The fourth-order valence-electron chi connectivity index (χ4n) is 2.47. The standard InChI is InChI=1S/C19H23NO2/c1-3-10-18(21)15(2)19(22)20(16-11-6-4-7-12-16)17-13-8-5-9-14-17/h4-9,11-15,18,21H,3,10H2,1-2H3/t15-,18+/m0/s1. The van der Waals surface area contributed by atoms with Crippen LogP contribution in [0.3, 0.4) is 0 Å². The van der Waals surface area contributed by atoms with Crippen LogP contribution in [0.25, 0.3) is 0 Å². The van der Waals surface area contributed by atoms with E-state index in [0.717, 1.165) is 17.8 Å². The zero-order valence-corrected chi connectivity index (χ0v) is 13.1. The summed E-state index contributed by atoms with van der Waals surface area (Å²) >= 11 is 0. The molecule has 1 amide bonds. The van der Waals surface area contributed by atoms with Gasteiger partial charge in [0.05, 0.1) is 12.0 Å². The number of anilines is 2. The lowest BCUT2D eigenvalue weighted by molar-refractivity contribution is -0.124. The zero-order valence-electron chi connectivity index (χ0n) is 13.1. The summed E-state index contributed by atoms with van der Waals surface area (Å²) in [6, 6.07) is 19.1. The van der Waals surface area contributed by atoms with Gasteiger partial charge in [0.25, 0.3) is 0 Å². The van der Waals surface area contributed by atoms with E-state index in [2.05, 4.69) is 0 Å². The highest BCUT2D eigenvalue weighted by atomic mass is 16.3. The van der Waals surface area contributed by atoms with Crippen molar-refractivity contribution in [2.24, 2.45) is 5.92 Å². The quantitative estimate of drug-likeness (QED) is 0.870. The third-order valence-corrected chi connectivity index (χ3v) is 3.80. The van der Waals surface area contributed by atoms with E-state index in [1.807, 2.05) is 67.6 Å². The summed E-state index contributed by atoms with van der Waals surface area (Å²) in [4.78, 5) is 14.6. The molecule has 0 fully saturated rings. The molecule has 0 saturated heterocycles. The molecule has 2 rings (SSSR count). The van der Waals surface area contributed by atoms with Crippen LogP contribution in [0.4, 0.5) is 11.4 Å². The van der Waals surface area contributed by atoms with E-state index in [1.54, 1.807) is 11.8 Å². The van der Waals surface area contributed by atoms with Gasteiger partial charge < -0.3 is 5.11 Å². The Hall–Kier alpha value is -2.13. The second-order valence-corrected chi connectivity index (χ2v) is 5.49. The highest BCUT2D eigenvalue weighted by molar-refractivity contribution is 6.01. The van der Waals surface area contributed by atoms with Crippen LogP contribution in [-0.4, -0.2) is 17.1 Å². The molecule has 116 valence electrons. The number of nitrogens with zero attached hydrogens (tertiary/aromatic N) is 1. The van der Waals surface area contributed by atoms with Gasteiger partial charge in [-0.05, 0) is 30.7 Å². The number of carbonyl (C=O) groups is 1. The maximum absolute atomic E-state index is 12.9. The first-order chi connectivity index (χ1) is 10.6. The van der Waals surface area contributed by atoms with Gasteiger partial charge in [-0.15, -0.1) is 0 Å². The van der Waals surface area contributed by atoms with E-state index in [-0.39, 0.29) is 5.91 Å². The first-order valence-corrected chi connectivity index (χ1v) is 7.77. The largest absolute Gasteiger partial charge is 0.392 e. The molecule has 3 nitrogen and oxygen atoms in total. The second-order valence-electron chi connectivity index (χ2n) is 5.49. The molecule has 2 aromatic rings. The van der Waals surface area contributed by atoms with Crippen LogP contribution in [0, 0.1) is 5.92 Å². The molecule has 1 N–H and O–H groups in total. The van der Waals surface area contributed by atoms with Gasteiger partial charge in [0.2, 0.25) is 5.91 Å². The van der Waals surface area contributed by atoms with Gasteiger partial charge in [-0.2, -0.15) is 0 Å². The topological polar surface area (TPSA) is 40.5 Å². The van der Waals surface area contributed by atoms with E-state index >= 15 is 0 Å². The molecule has 0 aliphatic heterocycles. The Morgan fingerprint density at radius 2 is 1.45 bits per heavy atom. The number of hydrogen-bond donors (Lipinski definition) is 1. The number of aliphatic hydroxyl groups excluding tert-OH is 1. The monoisotopic (exact) mass is 297 g/mol. The summed E-state index contributed by atoms with van der Waals surface area (Å²) in [7, 11) is 0. The molecular weight excluding hydrogens is 274 g/mol. The van der Waals surface area contributed by atoms with Crippen LogP contribution in [0.1, 0.15) is 26.7 Å². The molecule has 0 aromatic heterocycles. The lowest BCUT2D eigenvalue weighted by Gasteiger charge is -2.28. The fraction of sp³-hybridized carbons (Fsp3) is 0.316. The molecule has 22 heavy (non-hydrogen) atoms. The molecule has 0 aliphatic rings. The summed E-state index contributed by atoms with van der Waals surface area (Å²) in [6.45, 7) is 3.80. The number of benzene rings is 2. The molecule has 2 aromatic carbocycles. The number of carbonyl (C=O) groups excluding carboxylic acids is 1. The number of hydrogen-bond acceptors (Lipinski definition) is 2. The molecule has 0 bridgehead atoms. The Kier molecular flexibility index (Phi) is 5.73. The van der Waals surface area contributed by atoms with Crippen LogP contribution in [0.15, 0.2) is 60.7 Å². The Morgan fingerprint density at radius 3 is 1.86 bits per heavy atom. The molecule has 0 heterocycles. The van der Waals surface area contributed by atoms with E-state index in [4.69, 9.17) is 0 Å². The minimum Gasteiger partial charge on any atom is -0.392 e. The number of amides is 1. The summed E-state index contributed by atoms with van der Waals surface area (Å²) in [6.07, 6.45) is 0.868. The van der Waals surface area contributed by atoms with Crippen molar-refractivity contribution in [1.82, 2.24) is 0 Å². The molecule has 0 unspecified atom stereocenters. The van der Waals surface area contributed by atoms with Gasteiger partial charge in [-0.25, -0.2) is 0 Å². The molecule has 0 spiro atoms. The molecule has 0 radical (unpaired) electrons. The zero-order chi connectivity index (χ0) is 15.9. The highest BCUT2D eigenvalue weighted by Crippen LogP contribution is 2.28. The maximum atomic E-state index is 12.9. The minimum absolute atomic E-state index is 0.0849. The van der Waals surface area contributed by atoms with Crippen LogP contribution in [0.2, 0.25) is 0 Å². The Labute approximate surface area is 132 Å². The van der Waals surface area contributed by atoms with Crippen LogP contribution >= 0.6 is 0 Å². The Morgan fingerprint density at radius 1 is 1.00 bits per heavy atom. The van der Waals surface area contributed by atoms with Crippen molar-refractivity contribution in [2.45, 2.75) is 32.8 Å². The fourth-order valence-corrected chi connectivity index (χ4v) is 2.47. The highest BCUT2D eigenvalue weighted by Gasteiger charge is 2.28. The van der Waals surface area contributed by atoms with Crippen LogP contribution < -0.4 is 4.90 Å². The second kappa shape index (κ2) is 7.76. The minimum atomic E-state index is -0.618. The van der Waals surface area contributed by atoms with Gasteiger partial charge >= 0.3 is 0 Å². The van der Waals surface area contributed by atoms with Crippen molar-refractivity contribution < 1.29 is 9.90 Å². The molecule has 2 atom stereocenters. The number of para-hydroxylation sites is 2.